The molecule has 0 saturated carbocycles. The lowest BCUT2D eigenvalue weighted by atomic mass is 10.2. The SMILES string of the molecule is CCNCc1ccc(N(C)CCCCCO)nc1. The maximum atomic E-state index is 8.72. The number of aromatic nitrogens is 1. The van der Waals surface area contributed by atoms with Crippen LogP contribution < -0.4 is 10.2 Å². The number of aliphatic hydroxyl groups excluding tert-OH is 1. The van der Waals surface area contributed by atoms with Crippen LogP contribution in [0.1, 0.15) is 31.7 Å². The highest BCUT2D eigenvalue weighted by atomic mass is 16.2. The summed E-state index contributed by atoms with van der Waals surface area (Å²) in [6.45, 7) is 5.24. The molecular weight excluding hydrogens is 226 g/mol. The van der Waals surface area contributed by atoms with E-state index in [1.54, 1.807) is 0 Å². The van der Waals surface area contributed by atoms with Crippen LogP contribution in [-0.2, 0) is 6.54 Å². The number of anilines is 1. The molecule has 0 fully saturated rings. The van der Waals surface area contributed by atoms with Crippen LogP contribution >= 0.6 is 0 Å². The molecule has 0 amide bonds. The number of unbranched alkanes of at least 4 members (excludes halogenated alkanes) is 2. The second-order valence-corrected chi connectivity index (χ2v) is 4.51. The number of aliphatic hydroxyl groups is 1. The van der Waals surface area contributed by atoms with Gasteiger partial charge in [0.05, 0.1) is 0 Å². The second kappa shape index (κ2) is 8.89. The first kappa shape index (κ1) is 14.9. The normalized spacial score (nSPS) is 10.6. The van der Waals surface area contributed by atoms with E-state index in [9.17, 15) is 0 Å². The zero-order chi connectivity index (χ0) is 13.2. The van der Waals surface area contributed by atoms with Crippen LogP contribution in [0, 0.1) is 0 Å². The van der Waals surface area contributed by atoms with Gasteiger partial charge in [-0.1, -0.05) is 13.0 Å². The largest absolute Gasteiger partial charge is 0.396 e. The van der Waals surface area contributed by atoms with Gasteiger partial charge in [-0.25, -0.2) is 4.98 Å². The van der Waals surface area contributed by atoms with Gasteiger partial charge in [-0.05, 0) is 37.4 Å². The van der Waals surface area contributed by atoms with Crippen molar-refractivity contribution in [1.29, 1.82) is 0 Å². The molecule has 0 radical (unpaired) electrons. The fourth-order valence-electron chi connectivity index (χ4n) is 1.77. The van der Waals surface area contributed by atoms with Crippen molar-refractivity contribution >= 4 is 5.82 Å². The van der Waals surface area contributed by atoms with Gasteiger partial charge in [0, 0.05) is 32.9 Å². The van der Waals surface area contributed by atoms with Crippen molar-refractivity contribution in [1.82, 2.24) is 10.3 Å². The third kappa shape index (κ3) is 5.47. The second-order valence-electron chi connectivity index (χ2n) is 4.51. The number of rotatable bonds is 9. The Morgan fingerprint density at radius 1 is 1.28 bits per heavy atom. The van der Waals surface area contributed by atoms with Crippen LogP contribution in [0.2, 0.25) is 0 Å². The van der Waals surface area contributed by atoms with Gasteiger partial charge in [-0.15, -0.1) is 0 Å². The van der Waals surface area contributed by atoms with Gasteiger partial charge in [-0.3, -0.25) is 0 Å². The smallest absolute Gasteiger partial charge is 0.128 e. The lowest BCUT2D eigenvalue weighted by Gasteiger charge is -2.18. The minimum Gasteiger partial charge on any atom is -0.396 e. The average Bonchev–Trinajstić information content (AvgIpc) is 2.41. The van der Waals surface area contributed by atoms with Crippen LogP contribution in [0.15, 0.2) is 18.3 Å². The maximum Gasteiger partial charge on any atom is 0.128 e. The maximum absolute atomic E-state index is 8.72. The quantitative estimate of drug-likeness (QED) is 0.657. The third-order valence-electron chi connectivity index (χ3n) is 2.93. The molecule has 0 bridgehead atoms. The Kier molecular flexibility index (Phi) is 7.37. The number of pyridine rings is 1. The molecule has 0 atom stereocenters. The van der Waals surface area contributed by atoms with Gasteiger partial charge >= 0.3 is 0 Å². The highest BCUT2D eigenvalue weighted by Crippen LogP contribution is 2.10. The van der Waals surface area contributed by atoms with Crippen LogP contribution in [0.4, 0.5) is 5.82 Å². The number of nitrogens with zero attached hydrogens (tertiary/aromatic N) is 2. The lowest BCUT2D eigenvalue weighted by Crippen LogP contribution is -2.20. The number of hydrogen-bond donors (Lipinski definition) is 2. The van der Waals surface area contributed by atoms with E-state index in [1.165, 1.54) is 5.56 Å². The molecule has 4 heteroatoms. The summed E-state index contributed by atoms with van der Waals surface area (Å²) < 4.78 is 0. The fourth-order valence-corrected chi connectivity index (χ4v) is 1.77. The van der Waals surface area contributed by atoms with Gasteiger partial charge < -0.3 is 15.3 Å². The standard InChI is InChI=1S/C14H25N3O/c1-3-15-11-13-7-8-14(16-12-13)17(2)9-5-4-6-10-18/h7-8,12,15,18H,3-6,9-11H2,1-2H3. The van der Waals surface area contributed by atoms with E-state index in [0.29, 0.717) is 6.61 Å². The van der Waals surface area contributed by atoms with Crippen molar-refractivity contribution in [2.75, 3.05) is 31.6 Å². The molecule has 0 aliphatic heterocycles. The van der Waals surface area contributed by atoms with Crippen molar-refractivity contribution in [3.05, 3.63) is 23.9 Å². The minimum absolute atomic E-state index is 0.293. The third-order valence-corrected chi connectivity index (χ3v) is 2.93. The molecular formula is C14H25N3O. The van der Waals surface area contributed by atoms with Gasteiger partial charge in [0.15, 0.2) is 0 Å². The van der Waals surface area contributed by atoms with Crippen LogP contribution in [0.5, 0.6) is 0 Å². The minimum atomic E-state index is 0.293. The monoisotopic (exact) mass is 251 g/mol. The zero-order valence-corrected chi connectivity index (χ0v) is 11.5. The van der Waals surface area contributed by atoms with Crippen molar-refractivity contribution in [2.45, 2.75) is 32.7 Å². The summed E-state index contributed by atoms with van der Waals surface area (Å²) in [7, 11) is 2.06. The highest BCUT2D eigenvalue weighted by molar-refractivity contribution is 5.38. The predicted molar refractivity (Wildman–Crippen MR) is 75.8 cm³/mol. The van der Waals surface area contributed by atoms with Crippen LogP contribution in [0.3, 0.4) is 0 Å². The topological polar surface area (TPSA) is 48.4 Å². The Balaban J connectivity index is 2.36. The molecule has 0 unspecified atom stereocenters. The Hall–Kier alpha value is -1.13. The Morgan fingerprint density at radius 3 is 2.72 bits per heavy atom. The molecule has 102 valence electrons. The summed E-state index contributed by atoms with van der Waals surface area (Å²) in [6.07, 6.45) is 4.99. The van der Waals surface area contributed by atoms with E-state index in [2.05, 4.69) is 41.3 Å². The van der Waals surface area contributed by atoms with E-state index < -0.39 is 0 Å². The fraction of sp³-hybridized carbons (Fsp3) is 0.643. The van der Waals surface area contributed by atoms with Crippen molar-refractivity contribution < 1.29 is 5.11 Å². The van der Waals surface area contributed by atoms with Crippen LogP contribution in [0.25, 0.3) is 0 Å². The molecule has 0 saturated heterocycles. The van der Waals surface area contributed by atoms with Gasteiger partial charge in [0.25, 0.3) is 0 Å². The van der Waals surface area contributed by atoms with Crippen LogP contribution in [-0.4, -0.2) is 36.8 Å². The molecule has 0 aromatic carbocycles. The van der Waals surface area contributed by atoms with Gasteiger partial charge in [0.1, 0.15) is 5.82 Å². The van der Waals surface area contributed by atoms with Gasteiger partial charge in [-0.2, -0.15) is 0 Å². The average molecular weight is 251 g/mol. The molecule has 0 aliphatic carbocycles. The van der Waals surface area contributed by atoms with Gasteiger partial charge in [0.2, 0.25) is 0 Å². The van der Waals surface area contributed by atoms with Crippen molar-refractivity contribution in [2.24, 2.45) is 0 Å². The van der Waals surface area contributed by atoms with E-state index in [0.717, 1.165) is 44.7 Å². The molecule has 0 spiro atoms. The first-order valence-corrected chi connectivity index (χ1v) is 6.75. The molecule has 18 heavy (non-hydrogen) atoms. The summed E-state index contributed by atoms with van der Waals surface area (Å²) in [5.74, 6) is 1.01. The van der Waals surface area contributed by atoms with E-state index in [-0.39, 0.29) is 0 Å². The molecule has 1 aromatic rings. The summed E-state index contributed by atoms with van der Waals surface area (Å²) in [4.78, 5) is 6.63. The zero-order valence-electron chi connectivity index (χ0n) is 11.5. The number of nitrogens with one attached hydrogen (secondary N) is 1. The molecule has 2 N–H and O–H groups in total. The Labute approximate surface area is 110 Å². The summed E-state index contributed by atoms with van der Waals surface area (Å²) >= 11 is 0. The molecule has 1 rings (SSSR count). The predicted octanol–water partition coefficient (Wildman–Crippen LogP) is 1.79. The highest BCUT2D eigenvalue weighted by Gasteiger charge is 2.02. The van der Waals surface area contributed by atoms with E-state index >= 15 is 0 Å². The molecule has 1 aromatic heterocycles. The first-order chi connectivity index (χ1) is 8.77. The van der Waals surface area contributed by atoms with E-state index in [1.807, 2.05) is 6.20 Å². The summed E-state index contributed by atoms with van der Waals surface area (Å²) in [6, 6.07) is 4.19. The summed E-state index contributed by atoms with van der Waals surface area (Å²) in [5, 5.41) is 12.0. The lowest BCUT2D eigenvalue weighted by molar-refractivity contribution is 0.283. The Bertz CT molecular complexity index is 313. The molecule has 4 nitrogen and oxygen atoms in total. The van der Waals surface area contributed by atoms with E-state index in [4.69, 9.17) is 5.11 Å². The Morgan fingerprint density at radius 2 is 2.11 bits per heavy atom. The molecule has 1 heterocycles. The molecule has 0 aliphatic rings. The van der Waals surface area contributed by atoms with Crippen molar-refractivity contribution in [3.63, 3.8) is 0 Å². The summed E-state index contributed by atoms with van der Waals surface area (Å²) in [5.41, 5.74) is 1.22. The van der Waals surface area contributed by atoms with Crippen molar-refractivity contribution in [3.8, 4) is 0 Å². The number of hydrogen-bond acceptors (Lipinski definition) is 4. The first-order valence-electron chi connectivity index (χ1n) is 6.75.